The van der Waals surface area contributed by atoms with E-state index in [1.54, 1.807) is 27.9 Å². The highest BCUT2D eigenvalue weighted by Gasteiger charge is 2.19. The number of amides is 1. The van der Waals surface area contributed by atoms with Gasteiger partial charge in [0, 0.05) is 0 Å². The molecular weight excluding hydrogens is 323 g/mol. The normalized spacial score (nSPS) is 20.4. The lowest BCUT2D eigenvalue weighted by molar-refractivity contribution is -1.00. The zero-order valence-corrected chi connectivity index (χ0v) is 14.5. The van der Waals surface area contributed by atoms with Gasteiger partial charge in [-0.2, -0.15) is 0 Å². The molecule has 1 aliphatic heterocycles. The van der Waals surface area contributed by atoms with Crippen LogP contribution in [0.3, 0.4) is 0 Å². The molecule has 2 heterocycles. The van der Waals surface area contributed by atoms with E-state index in [0.29, 0.717) is 18.8 Å². The molecule has 8 heteroatoms. The number of halogens is 1. The van der Waals surface area contributed by atoms with Gasteiger partial charge in [-0.15, -0.1) is 5.10 Å². The number of hydrogen-bond donors (Lipinski definition) is 3. The minimum atomic E-state index is -0.272. The van der Waals surface area contributed by atoms with Crippen LogP contribution < -0.4 is 15.1 Å². The molecule has 1 aromatic heterocycles. The molecular formula is C17H25FN6O+2. The van der Waals surface area contributed by atoms with Gasteiger partial charge in [-0.1, -0.05) is 17.3 Å². The molecule has 3 N–H and O–H groups in total. The average molecular weight is 348 g/mol. The van der Waals surface area contributed by atoms with Gasteiger partial charge in [-0.25, -0.2) is 9.07 Å². The Hall–Kier alpha value is -2.32. The summed E-state index contributed by atoms with van der Waals surface area (Å²) in [4.78, 5) is 15.3. The monoisotopic (exact) mass is 348 g/mol. The fraction of sp³-hybridized carbons (Fsp3) is 0.471. The van der Waals surface area contributed by atoms with Gasteiger partial charge in [0.2, 0.25) is 0 Å². The number of nitrogens with one attached hydrogen (secondary N) is 3. The number of carbonyl (C=O) groups is 1. The number of aromatic nitrogens is 3. The lowest BCUT2D eigenvalue weighted by Gasteiger charge is -2.27. The molecule has 0 spiro atoms. The number of nitrogens with zero attached hydrogens (tertiary/aromatic N) is 3. The van der Waals surface area contributed by atoms with Crippen LogP contribution in [0.1, 0.15) is 16.1 Å². The maximum absolute atomic E-state index is 12.9. The summed E-state index contributed by atoms with van der Waals surface area (Å²) in [7, 11) is 2.22. The molecule has 134 valence electrons. The summed E-state index contributed by atoms with van der Waals surface area (Å²) in [6.07, 6.45) is 1.62. The number of hydrogen-bond acceptors (Lipinski definition) is 3. The van der Waals surface area contributed by atoms with E-state index >= 15 is 0 Å². The highest BCUT2D eigenvalue weighted by Crippen LogP contribution is 2.05. The van der Waals surface area contributed by atoms with Crippen molar-refractivity contribution in [2.45, 2.75) is 6.54 Å². The van der Waals surface area contributed by atoms with Crippen molar-refractivity contribution in [3.8, 4) is 0 Å². The van der Waals surface area contributed by atoms with Gasteiger partial charge in [0.25, 0.3) is 5.91 Å². The smallest absolute Gasteiger partial charge is 0.273 e. The Balaban J connectivity index is 1.45. The summed E-state index contributed by atoms with van der Waals surface area (Å²) in [5.41, 5.74) is 1.21. The van der Waals surface area contributed by atoms with Crippen molar-refractivity contribution in [3.63, 3.8) is 0 Å². The number of benzene rings is 1. The fourth-order valence-corrected chi connectivity index (χ4v) is 2.98. The van der Waals surface area contributed by atoms with E-state index in [4.69, 9.17) is 0 Å². The van der Waals surface area contributed by atoms with Gasteiger partial charge in [0.15, 0.2) is 5.69 Å². The van der Waals surface area contributed by atoms with Crippen molar-refractivity contribution in [2.24, 2.45) is 0 Å². The SMILES string of the molecule is C[NH+]1CC[NH+](CCNC(=O)c2cn(Cc3ccc(F)cc3)nn2)CC1. The summed E-state index contributed by atoms with van der Waals surface area (Å²) in [5, 5.41) is 10.8. The van der Waals surface area contributed by atoms with Gasteiger partial charge in [0.1, 0.15) is 32.0 Å². The predicted molar refractivity (Wildman–Crippen MR) is 90.0 cm³/mol. The molecule has 1 aromatic carbocycles. The topological polar surface area (TPSA) is 68.7 Å². The van der Waals surface area contributed by atoms with Gasteiger partial charge < -0.3 is 15.1 Å². The lowest BCUT2D eigenvalue weighted by atomic mass is 10.2. The van der Waals surface area contributed by atoms with Crippen LogP contribution in [0.15, 0.2) is 30.5 Å². The average Bonchev–Trinajstić information content (AvgIpc) is 3.07. The number of piperazine rings is 1. The van der Waals surface area contributed by atoms with Crippen molar-refractivity contribution >= 4 is 5.91 Å². The van der Waals surface area contributed by atoms with Crippen LogP contribution in [-0.4, -0.2) is 67.2 Å². The Morgan fingerprint density at radius 3 is 2.68 bits per heavy atom. The summed E-state index contributed by atoms with van der Waals surface area (Å²) in [5.74, 6) is -0.476. The largest absolute Gasteiger partial charge is 0.345 e. The molecule has 1 fully saturated rings. The first-order chi connectivity index (χ1) is 12.1. The second-order valence-corrected chi connectivity index (χ2v) is 6.64. The standard InChI is InChI=1S/C17H23FN6O/c1-22-8-10-23(11-9-22)7-6-19-17(25)16-13-24(21-20-16)12-14-2-4-15(18)5-3-14/h2-5,13H,6-12H2,1H3,(H,19,25)/p+2. The van der Waals surface area contributed by atoms with Crippen molar-refractivity contribution in [2.75, 3.05) is 46.3 Å². The van der Waals surface area contributed by atoms with Crippen LogP contribution in [0, 0.1) is 5.82 Å². The first kappa shape index (κ1) is 17.5. The number of quaternary nitrogens is 2. The Bertz CT molecular complexity index is 693. The molecule has 0 radical (unpaired) electrons. The third kappa shape index (κ3) is 5.07. The van der Waals surface area contributed by atoms with Crippen LogP contribution in [0.5, 0.6) is 0 Å². The molecule has 0 atom stereocenters. The third-order valence-corrected chi connectivity index (χ3v) is 4.60. The van der Waals surface area contributed by atoms with E-state index in [-0.39, 0.29) is 11.7 Å². The highest BCUT2D eigenvalue weighted by atomic mass is 19.1. The first-order valence-corrected chi connectivity index (χ1v) is 8.68. The highest BCUT2D eigenvalue weighted by molar-refractivity contribution is 5.91. The second-order valence-electron chi connectivity index (χ2n) is 6.64. The van der Waals surface area contributed by atoms with E-state index in [2.05, 4.69) is 22.7 Å². The first-order valence-electron chi connectivity index (χ1n) is 8.68. The maximum Gasteiger partial charge on any atom is 0.273 e. The summed E-state index contributed by atoms with van der Waals surface area (Å²) >= 11 is 0. The summed E-state index contributed by atoms with van der Waals surface area (Å²) in [6, 6.07) is 6.19. The Kier molecular flexibility index (Phi) is 5.72. The van der Waals surface area contributed by atoms with Crippen LogP contribution in [-0.2, 0) is 6.54 Å². The zero-order chi connectivity index (χ0) is 17.6. The van der Waals surface area contributed by atoms with Crippen molar-refractivity contribution in [3.05, 3.63) is 47.5 Å². The van der Waals surface area contributed by atoms with E-state index < -0.39 is 0 Å². The van der Waals surface area contributed by atoms with Crippen LogP contribution in [0.4, 0.5) is 4.39 Å². The number of rotatable bonds is 6. The van der Waals surface area contributed by atoms with E-state index in [9.17, 15) is 9.18 Å². The van der Waals surface area contributed by atoms with Crippen LogP contribution >= 0.6 is 0 Å². The molecule has 7 nitrogen and oxygen atoms in total. The van der Waals surface area contributed by atoms with Crippen LogP contribution in [0.2, 0.25) is 0 Å². The molecule has 0 aliphatic carbocycles. The molecule has 25 heavy (non-hydrogen) atoms. The lowest BCUT2D eigenvalue weighted by Crippen LogP contribution is -3.27. The molecule has 0 unspecified atom stereocenters. The molecule has 1 saturated heterocycles. The van der Waals surface area contributed by atoms with Gasteiger partial charge in [0.05, 0.1) is 32.9 Å². The van der Waals surface area contributed by atoms with Crippen LogP contribution in [0.25, 0.3) is 0 Å². The van der Waals surface area contributed by atoms with E-state index in [1.807, 2.05) is 0 Å². The Morgan fingerprint density at radius 1 is 1.24 bits per heavy atom. The molecule has 0 bridgehead atoms. The number of carbonyl (C=O) groups excluding carboxylic acids is 1. The molecule has 1 aliphatic rings. The van der Waals surface area contributed by atoms with Gasteiger partial charge in [-0.05, 0) is 17.7 Å². The van der Waals surface area contributed by atoms with Crippen molar-refractivity contribution in [1.29, 1.82) is 0 Å². The second kappa shape index (κ2) is 8.17. The van der Waals surface area contributed by atoms with Crippen molar-refractivity contribution < 1.29 is 19.0 Å². The molecule has 0 saturated carbocycles. The zero-order valence-electron chi connectivity index (χ0n) is 14.5. The summed E-state index contributed by atoms with van der Waals surface area (Å²) in [6.45, 7) is 6.68. The predicted octanol–water partition coefficient (Wildman–Crippen LogP) is -2.39. The molecule has 1 amide bonds. The summed E-state index contributed by atoms with van der Waals surface area (Å²) < 4.78 is 14.5. The molecule has 2 aromatic rings. The minimum absolute atomic E-state index is 0.204. The van der Waals surface area contributed by atoms with Gasteiger partial charge >= 0.3 is 0 Å². The quantitative estimate of drug-likeness (QED) is 0.546. The Labute approximate surface area is 146 Å². The number of likely N-dealkylation sites (N-methyl/N-ethyl adjacent to an activating group) is 1. The third-order valence-electron chi connectivity index (χ3n) is 4.60. The molecule has 3 rings (SSSR count). The minimum Gasteiger partial charge on any atom is -0.345 e. The fourth-order valence-electron chi connectivity index (χ4n) is 2.98. The van der Waals surface area contributed by atoms with Crippen molar-refractivity contribution in [1.82, 2.24) is 20.3 Å². The van der Waals surface area contributed by atoms with E-state index in [1.165, 1.54) is 30.1 Å². The maximum atomic E-state index is 12.9. The Morgan fingerprint density at radius 2 is 1.96 bits per heavy atom. The van der Waals surface area contributed by atoms with Gasteiger partial charge in [-0.3, -0.25) is 4.79 Å². The van der Waals surface area contributed by atoms with E-state index in [0.717, 1.165) is 25.2 Å².